The number of aromatic hydroxyl groups is 1. The summed E-state index contributed by atoms with van der Waals surface area (Å²) in [6, 6.07) is 9.45. The number of carbonyl (C=O) groups excluding carboxylic acids is 2. The van der Waals surface area contributed by atoms with Crippen molar-refractivity contribution in [2.24, 2.45) is 0 Å². The van der Waals surface area contributed by atoms with Crippen LogP contribution in [-0.2, 0) is 4.79 Å². The largest absolute Gasteiger partial charge is 0.506 e. The molecule has 0 aliphatic carbocycles. The van der Waals surface area contributed by atoms with E-state index in [1.807, 2.05) is 0 Å². The highest BCUT2D eigenvalue weighted by Gasteiger charge is 2.17. The maximum atomic E-state index is 12.3. The normalized spacial score (nSPS) is 13.2. The molecule has 0 saturated carbocycles. The Hall–Kier alpha value is -2.18. The average molecular weight is 335 g/mol. The van der Waals surface area contributed by atoms with Crippen molar-refractivity contribution < 1.29 is 14.7 Å². The third-order valence-electron chi connectivity index (χ3n) is 3.08. The highest BCUT2D eigenvalue weighted by molar-refractivity contribution is 8.00. The topological polar surface area (TPSA) is 78.4 Å². The average Bonchev–Trinajstić information content (AvgIpc) is 2.50. The summed E-state index contributed by atoms with van der Waals surface area (Å²) >= 11 is 7.27. The summed E-state index contributed by atoms with van der Waals surface area (Å²) in [7, 11) is 0. The molecule has 0 fully saturated rings. The van der Waals surface area contributed by atoms with E-state index in [9.17, 15) is 14.7 Å². The third kappa shape index (κ3) is 3.03. The van der Waals surface area contributed by atoms with Crippen molar-refractivity contribution in [3.8, 4) is 5.75 Å². The van der Waals surface area contributed by atoms with Gasteiger partial charge in [-0.15, -0.1) is 11.8 Å². The molecule has 0 saturated heterocycles. The molecule has 0 radical (unpaired) electrons. The first-order valence-corrected chi connectivity index (χ1v) is 7.76. The molecule has 3 rings (SSSR count). The van der Waals surface area contributed by atoms with Gasteiger partial charge in [0.2, 0.25) is 5.91 Å². The Morgan fingerprint density at radius 3 is 2.91 bits per heavy atom. The summed E-state index contributed by atoms with van der Waals surface area (Å²) in [6.45, 7) is 0. The smallest absolute Gasteiger partial charge is 0.255 e. The summed E-state index contributed by atoms with van der Waals surface area (Å²) in [5, 5.41) is 15.5. The Morgan fingerprint density at radius 2 is 2.09 bits per heavy atom. The summed E-state index contributed by atoms with van der Waals surface area (Å²) < 4.78 is 0. The van der Waals surface area contributed by atoms with Crippen molar-refractivity contribution in [3.63, 3.8) is 0 Å². The van der Waals surface area contributed by atoms with Crippen LogP contribution in [0.25, 0.3) is 0 Å². The molecular formula is C15H11ClN2O3S. The van der Waals surface area contributed by atoms with Gasteiger partial charge in [-0.3, -0.25) is 9.59 Å². The van der Waals surface area contributed by atoms with Crippen molar-refractivity contribution >= 4 is 46.6 Å². The number of hydrogen-bond acceptors (Lipinski definition) is 4. The first-order valence-electron chi connectivity index (χ1n) is 6.39. The highest BCUT2D eigenvalue weighted by Crippen LogP contribution is 2.32. The molecule has 0 aromatic heterocycles. The summed E-state index contributed by atoms with van der Waals surface area (Å²) in [4.78, 5) is 24.6. The van der Waals surface area contributed by atoms with Crippen LogP contribution in [-0.4, -0.2) is 22.7 Å². The van der Waals surface area contributed by atoms with E-state index in [-0.39, 0.29) is 17.3 Å². The molecule has 1 aliphatic rings. The van der Waals surface area contributed by atoms with Crippen LogP contribution in [0.3, 0.4) is 0 Å². The summed E-state index contributed by atoms with van der Waals surface area (Å²) in [5.41, 5.74) is 1.22. The van der Waals surface area contributed by atoms with Crippen LogP contribution in [0.4, 0.5) is 11.4 Å². The number of phenols is 1. The Kier molecular flexibility index (Phi) is 3.96. The van der Waals surface area contributed by atoms with Gasteiger partial charge < -0.3 is 15.7 Å². The van der Waals surface area contributed by atoms with Crippen LogP contribution in [0.1, 0.15) is 10.4 Å². The van der Waals surface area contributed by atoms with Crippen LogP contribution in [0.5, 0.6) is 5.75 Å². The van der Waals surface area contributed by atoms with Gasteiger partial charge in [0.15, 0.2) is 0 Å². The molecule has 1 aliphatic heterocycles. The predicted molar refractivity (Wildman–Crippen MR) is 86.9 cm³/mol. The first-order chi connectivity index (χ1) is 10.5. The maximum absolute atomic E-state index is 12.3. The monoisotopic (exact) mass is 334 g/mol. The quantitative estimate of drug-likeness (QED) is 0.736. The second-order valence-corrected chi connectivity index (χ2v) is 6.12. The number of fused-ring (bicyclic) bond motifs is 1. The minimum Gasteiger partial charge on any atom is -0.506 e. The Labute approximate surface area is 135 Å². The SMILES string of the molecule is O=C1CSc2ccc(C(=O)Nc3cc(Cl)ccc3O)cc2N1. The van der Waals surface area contributed by atoms with Gasteiger partial charge in [0.1, 0.15) is 5.75 Å². The van der Waals surface area contributed by atoms with E-state index >= 15 is 0 Å². The molecule has 2 aromatic carbocycles. The van der Waals surface area contributed by atoms with E-state index in [2.05, 4.69) is 10.6 Å². The number of rotatable bonds is 2. The molecule has 3 N–H and O–H groups in total. The summed E-state index contributed by atoms with van der Waals surface area (Å²) in [5.74, 6) is -0.193. The van der Waals surface area contributed by atoms with Crippen molar-refractivity contribution in [1.29, 1.82) is 0 Å². The van der Waals surface area contributed by atoms with Gasteiger partial charge in [0.25, 0.3) is 5.91 Å². The molecular weight excluding hydrogens is 324 g/mol. The molecule has 2 amide bonds. The lowest BCUT2D eigenvalue weighted by atomic mass is 10.1. The van der Waals surface area contributed by atoms with Gasteiger partial charge in [-0.1, -0.05) is 11.6 Å². The van der Waals surface area contributed by atoms with E-state index in [1.165, 1.54) is 30.0 Å². The number of thioether (sulfide) groups is 1. The maximum Gasteiger partial charge on any atom is 0.255 e. The predicted octanol–water partition coefficient (Wildman–Crippen LogP) is 3.34. The number of halogens is 1. The van der Waals surface area contributed by atoms with Crippen LogP contribution in [0, 0.1) is 0 Å². The lowest BCUT2D eigenvalue weighted by Gasteiger charge is -2.17. The number of phenolic OH excluding ortho intramolecular Hbond substituents is 1. The number of nitrogens with one attached hydrogen (secondary N) is 2. The van der Waals surface area contributed by atoms with Crippen LogP contribution in [0.15, 0.2) is 41.3 Å². The molecule has 112 valence electrons. The van der Waals surface area contributed by atoms with Gasteiger partial charge in [-0.25, -0.2) is 0 Å². The van der Waals surface area contributed by atoms with E-state index < -0.39 is 5.91 Å². The molecule has 7 heteroatoms. The Balaban J connectivity index is 1.85. The van der Waals surface area contributed by atoms with Gasteiger partial charge in [0.05, 0.1) is 17.1 Å². The number of carbonyl (C=O) groups is 2. The zero-order valence-corrected chi connectivity index (χ0v) is 12.8. The van der Waals surface area contributed by atoms with E-state index in [1.54, 1.807) is 18.2 Å². The number of benzene rings is 2. The van der Waals surface area contributed by atoms with Gasteiger partial charge in [-0.05, 0) is 36.4 Å². The fourth-order valence-electron chi connectivity index (χ4n) is 2.03. The second kappa shape index (κ2) is 5.90. The van der Waals surface area contributed by atoms with Crippen LogP contribution in [0.2, 0.25) is 5.02 Å². The lowest BCUT2D eigenvalue weighted by molar-refractivity contribution is -0.113. The number of hydrogen-bond donors (Lipinski definition) is 3. The Bertz CT molecular complexity index is 779. The third-order valence-corrected chi connectivity index (χ3v) is 4.39. The van der Waals surface area contributed by atoms with Gasteiger partial charge in [-0.2, -0.15) is 0 Å². The van der Waals surface area contributed by atoms with E-state index in [4.69, 9.17) is 11.6 Å². The highest BCUT2D eigenvalue weighted by atomic mass is 35.5. The number of amides is 2. The van der Waals surface area contributed by atoms with Crippen molar-refractivity contribution in [2.75, 3.05) is 16.4 Å². The minimum absolute atomic E-state index is 0.0698. The fraction of sp³-hybridized carbons (Fsp3) is 0.0667. The molecule has 2 aromatic rings. The molecule has 5 nitrogen and oxygen atoms in total. The second-order valence-electron chi connectivity index (χ2n) is 4.66. The molecule has 0 bridgehead atoms. The fourth-order valence-corrected chi connectivity index (χ4v) is 2.99. The minimum atomic E-state index is -0.398. The molecule has 0 unspecified atom stereocenters. The zero-order valence-electron chi connectivity index (χ0n) is 11.2. The Morgan fingerprint density at radius 1 is 1.27 bits per heavy atom. The van der Waals surface area contributed by atoms with E-state index in [0.717, 1.165) is 4.90 Å². The molecule has 22 heavy (non-hydrogen) atoms. The van der Waals surface area contributed by atoms with Gasteiger partial charge >= 0.3 is 0 Å². The molecule has 1 heterocycles. The van der Waals surface area contributed by atoms with Crippen molar-refractivity contribution in [3.05, 3.63) is 47.0 Å². The van der Waals surface area contributed by atoms with Crippen LogP contribution >= 0.6 is 23.4 Å². The van der Waals surface area contributed by atoms with Crippen LogP contribution < -0.4 is 10.6 Å². The van der Waals surface area contributed by atoms with E-state index in [0.29, 0.717) is 22.0 Å². The van der Waals surface area contributed by atoms with Gasteiger partial charge in [0, 0.05) is 15.5 Å². The molecule has 0 spiro atoms. The van der Waals surface area contributed by atoms with Crippen molar-refractivity contribution in [1.82, 2.24) is 0 Å². The zero-order chi connectivity index (χ0) is 15.7. The summed E-state index contributed by atoms with van der Waals surface area (Å²) in [6.07, 6.45) is 0. The first kappa shape index (κ1) is 14.7. The number of anilines is 2. The van der Waals surface area contributed by atoms with Crippen molar-refractivity contribution in [2.45, 2.75) is 4.90 Å². The lowest BCUT2D eigenvalue weighted by Crippen LogP contribution is -2.19. The standard InChI is InChI=1S/C15H11ClN2O3S/c16-9-2-3-12(19)10(6-9)18-15(21)8-1-4-13-11(5-8)17-14(20)7-22-13/h1-6,19H,7H2,(H,17,20)(H,18,21). The molecule has 0 atom stereocenters.